The first-order valence-corrected chi connectivity index (χ1v) is 7.94. The monoisotopic (exact) mass is 307 g/mol. The summed E-state index contributed by atoms with van der Waals surface area (Å²) < 4.78 is 21.5. The molecule has 128 valence electrons. The van der Waals surface area contributed by atoms with Gasteiger partial charge >= 0.3 is 0 Å². The topological polar surface area (TPSA) is 69.2 Å². The maximum Gasteiger partial charge on any atom is 0.0701 e. The highest BCUT2D eigenvalue weighted by Crippen LogP contribution is 1.91. The molecule has 0 aromatic carbocycles. The molecule has 0 aromatic heterocycles. The molecule has 0 aromatic rings. The van der Waals surface area contributed by atoms with Crippen molar-refractivity contribution in [1.82, 2.24) is 5.32 Å². The van der Waals surface area contributed by atoms with Gasteiger partial charge in [0.25, 0.3) is 0 Å². The van der Waals surface area contributed by atoms with Crippen LogP contribution in [0, 0.1) is 0 Å². The Morgan fingerprint density at radius 3 is 1.71 bits per heavy atom. The highest BCUT2D eigenvalue weighted by molar-refractivity contribution is 4.60. The second-order valence-corrected chi connectivity index (χ2v) is 4.76. The number of rotatable bonds is 17. The predicted molar refractivity (Wildman–Crippen MR) is 82.7 cm³/mol. The minimum absolute atomic E-state index is 0.110. The van der Waals surface area contributed by atoms with E-state index in [-0.39, 0.29) is 12.6 Å². The third kappa shape index (κ3) is 16.0. The van der Waals surface area contributed by atoms with Crippen molar-refractivity contribution >= 4 is 0 Å². The quantitative estimate of drug-likeness (QED) is 0.388. The minimum atomic E-state index is 0.110. The number of aliphatic hydroxyl groups is 1. The summed E-state index contributed by atoms with van der Waals surface area (Å²) in [6.45, 7) is 7.30. The summed E-state index contributed by atoms with van der Waals surface area (Å²) in [7, 11) is 1.83. The van der Waals surface area contributed by atoms with Gasteiger partial charge in [0.05, 0.1) is 46.2 Å². The van der Waals surface area contributed by atoms with Crippen LogP contribution >= 0.6 is 0 Å². The van der Waals surface area contributed by atoms with Crippen molar-refractivity contribution in [3.63, 3.8) is 0 Å². The third-order valence-corrected chi connectivity index (χ3v) is 3.00. The van der Waals surface area contributed by atoms with E-state index < -0.39 is 0 Å². The lowest BCUT2D eigenvalue weighted by atomic mass is 10.2. The first kappa shape index (κ1) is 20.8. The molecule has 0 rings (SSSR count). The largest absolute Gasteiger partial charge is 0.395 e. The maximum absolute atomic E-state index is 8.96. The van der Waals surface area contributed by atoms with Gasteiger partial charge in [0.1, 0.15) is 0 Å². The predicted octanol–water partition coefficient (Wildman–Crippen LogP) is 0.823. The molecule has 0 saturated carbocycles. The van der Waals surface area contributed by atoms with Crippen molar-refractivity contribution < 1.29 is 24.1 Å². The van der Waals surface area contributed by atoms with Gasteiger partial charge in [0.15, 0.2) is 0 Å². The molecule has 0 spiro atoms. The van der Waals surface area contributed by atoms with Gasteiger partial charge in [-0.1, -0.05) is 13.3 Å². The van der Waals surface area contributed by atoms with Crippen molar-refractivity contribution in [2.45, 2.75) is 32.2 Å². The molecule has 6 nitrogen and oxygen atoms in total. The van der Waals surface area contributed by atoms with Crippen molar-refractivity contribution in [3.05, 3.63) is 0 Å². The number of hydrogen-bond acceptors (Lipinski definition) is 6. The van der Waals surface area contributed by atoms with Crippen molar-refractivity contribution in [3.8, 4) is 0 Å². The number of nitrogens with one attached hydrogen (secondary N) is 1. The summed E-state index contributed by atoms with van der Waals surface area (Å²) in [4.78, 5) is 0. The van der Waals surface area contributed by atoms with Gasteiger partial charge in [-0.2, -0.15) is 0 Å². The fraction of sp³-hybridized carbons (Fsp3) is 1.00. The SMILES string of the molecule is CCCCOCCOCCOCCOCCC(CO)NC. The van der Waals surface area contributed by atoms with Crippen LogP contribution in [0.2, 0.25) is 0 Å². The summed E-state index contributed by atoms with van der Waals surface area (Å²) in [6.07, 6.45) is 3.07. The van der Waals surface area contributed by atoms with E-state index in [0.29, 0.717) is 46.2 Å². The number of likely N-dealkylation sites (N-methyl/N-ethyl adjacent to an activating group) is 1. The molecule has 2 N–H and O–H groups in total. The van der Waals surface area contributed by atoms with Crippen molar-refractivity contribution in [1.29, 1.82) is 0 Å². The van der Waals surface area contributed by atoms with E-state index in [1.165, 1.54) is 0 Å². The van der Waals surface area contributed by atoms with E-state index in [2.05, 4.69) is 12.2 Å². The molecule has 0 aliphatic heterocycles. The smallest absolute Gasteiger partial charge is 0.0701 e. The molecule has 0 heterocycles. The van der Waals surface area contributed by atoms with E-state index in [1.807, 2.05) is 7.05 Å². The molecular weight excluding hydrogens is 274 g/mol. The maximum atomic E-state index is 8.96. The van der Waals surface area contributed by atoms with Crippen LogP contribution in [0.25, 0.3) is 0 Å². The molecule has 0 amide bonds. The Balaban J connectivity index is 3.02. The molecule has 21 heavy (non-hydrogen) atoms. The van der Waals surface area contributed by atoms with Crippen LogP contribution in [-0.2, 0) is 18.9 Å². The summed E-state index contributed by atoms with van der Waals surface area (Å²) in [5.74, 6) is 0. The minimum Gasteiger partial charge on any atom is -0.395 e. The fourth-order valence-electron chi connectivity index (χ4n) is 1.56. The molecule has 6 heteroatoms. The van der Waals surface area contributed by atoms with Crippen molar-refractivity contribution in [2.75, 3.05) is 66.5 Å². The van der Waals surface area contributed by atoms with Crippen LogP contribution in [0.15, 0.2) is 0 Å². The lowest BCUT2D eigenvalue weighted by Crippen LogP contribution is -2.30. The summed E-state index contributed by atoms with van der Waals surface area (Å²) >= 11 is 0. The van der Waals surface area contributed by atoms with Crippen LogP contribution in [0.5, 0.6) is 0 Å². The zero-order valence-electron chi connectivity index (χ0n) is 13.6. The Morgan fingerprint density at radius 1 is 0.810 bits per heavy atom. The van der Waals surface area contributed by atoms with Gasteiger partial charge in [0, 0.05) is 19.3 Å². The molecule has 1 unspecified atom stereocenters. The number of hydrogen-bond donors (Lipinski definition) is 2. The van der Waals surface area contributed by atoms with E-state index in [0.717, 1.165) is 25.9 Å². The number of aliphatic hydroxyl groups excluding tert-OH is 1. The third-order valence-electron chi connectivity index (χ3n) is 3.00. The normalized spacial score (nSPS) is 12.7. The number of ether oxygens (including phenoxy) is 4. The molecular formula is C15H33NO5. The van der Waals surface area contributed by atoms with Gasteiger partial charge in [-0.3, -0.25) is 0 Å². The second-order valence-electron chi connectivity index (χ2n) is 4.76. The van der Waals surface area contributed by atoms with E-state index in [1.54, 1.807) is 0 Å². The summed E-state index contributed by atoms with van der Waals surface area (Å²) in [5, 5.41) is 12.0. The first-order chi connectivity index (χ1) is 10.3. The van der Waals surface area contributed by atoms with E-state index >= 15 is 0 Å². The Labute approximate surface area is 129 Å². The van der Waals surface area contributed by atoms with Crippen LogP contribution in [0.1, 0.15) is 26.2 Å². The highest BCUT2D eigenvalue weighted by Gasteiger charge is 2.02. The standard InChI is InChI=1S/C15H33NO5/c1-3-4-6-18-8-10-20-12-13-21-11-9-19-7-5-15(14-17)16-2/h15-17H,3-14H2,1-2H3. The molecule has 0 fully saturated rings. The van der Waals surface area contributed by atoms with Gasteiger partial charge in [-0.15, -0.1) is 0 Å². The lowest BCUT2D eigenvalue weighted by molar-refractivity contribution is -0.00318. The molecule has 0 saturated heterocycles. The summed E-state index contributed by atoms with van der Waals surface area (Å²) in [5.41, 5.74) is 0. The van der Waals surface area contributed by atoms with Crippen LogP contribution in [0.3, 0.4) is 0 Å². The molecule has 0 radical (unpaired) electrons. The van der Waals surface area contributed by atoms with Gasteiger partial charge in [-0.05, 0) is 19.9 Å². The lowest BCUT2D eigenvalue weighted by Gasteiger charge is -2.12. The average molecular weight is 307 g/mol. The fourth-order valence-corrected chi connectivity index (χ4v) is 1.56. The molecule has 0 bridgehead atoms. The molecule has 1 atom stereocenters. The van der Waals surface area contributed by atoms with Gasteiger partial charge < -0.3 is 29.4 Å². The Bertz CT molecular complexity index is 191. The Morgan fingerprint density at radius 2 is 1.29 bits per heavy atom. The van der Waals surface area contributed by atoms with Gasteiger partial charge in [-0.25, -0.2) is 0 Å². The van der Waals surface area contributed by atoms with Crippen LogP contribution in [0.4, 0.5) is 0 Å². The zero-order chi connectivity index (χ0) is 15.6. The van der Waals surface area contributed by atoms with Gasteiger partial charge in [0.2, 0.25) is 0 Å². The second kappa shape index (κ2) is 17.8. The van der Waals surface area contributed by atoms with E-state index in [4.69, 9.17) is 24.1 Å². The van der Waals surface area contributed by atoms with Crippen molar-refractivity contribution in [2.24, 2.45) is 0 Å². The zero-order valence-corrected chi connectivity index (χ0v) is 13.6. The summed E-state index contributed by atoms with van der Waals surface area (Å²) in [6, 6.07) is 0.110. The Kier molecular flexibility index (Phi) is 17.6. The van der Waals surface area contributed by atoms with Crippen LogP contribution in [-0.4, -0.2) is 77.7 Å². The molecule has 0 aliphatic rings. The average Bonchev–Trinajstić information content (AvgIpc) is 2.51. The highest BCUT2D eigenvalue weighted by atomic mass is 16.6. The molecule has 0 aliphatic carbocycles. The first-order valence-electron chi connectivity index (χ1n) is 7.94. The van der Waals surface area contributed by atoms with Crippen LogP contribution < -0.4 is 5.32 Å². The Hall–Kier alpha value is -0.240. The number of unbranched alkanes of at least 4 members (excludes halogenated alkanes) is 1. The van der Waals surface area contributed by atoms with E-state index in [9.17, 15) is 0 Å².